The van der Waals surface area contributed by atoms with E-state index in [0.717, 1.165) is 29.9 Å². The zero-order chi connectivity index (χ0) is 19.1. The van der Waals surface area contributed by atoms with Crippen LogP contribution in [0.1, 0.15) is 24.5 Å². The summed E-state index contributed by atoms with van der Waals surface area (Å²) in [5, 5.41) is 2.61. The number of carbonyl (C=O) groups is 1. The monoisotopic (exact) mass is 399 g/mol. The summed E-state index contributed by atoms with van der Waals surface area (Å²) in [7, 11) is 0. The quantitative estimate of drug-likeness (QED) is 0.400. The molecule has 0 atom stereocenters. The highest BCUT2D eigenvalue weighted by Crippen LogP contribution is 2.26. The number of ether oxygens (including phenoxy) is 2. The van der Waals surface area contributed by atoms with Gasteiger partial charge in [0, 0.05) is 6.42 Å². The van der Waals surface area contributed by atoms with Gasteiger partial charge in [0.15, 0.2) is 0 Å². The van der Waals surface area contributed by atoms with Crippen LogP contribution in [0, 0.1) is 0 Å². The Hall–Kier alpha value is -2.31. The van der Waals surface area contributed by atoms with Gasteiger partial charge in [0.05, 0.1) is 18.1 Å². The van der Waals surface area contributed by atoms with E-state index in [4.69, 9.17) is 21.7 Å². The molecule has 3 rings (SSSR count). The molecule has 1 amide bonds. The van der Waals surface area contributed by atoms with Crippen molar-refractivity contribution in [1.29, 1.82) is 0 Å². The van der Waals surface area contributed by atoms with Crippen LogP contribution < -0.4 is 14.8 Å². The average molecular weight is 400 g/mol. The number of nitrogens with one attached hydrogen (secondary N) is 1. The van der Waals surface area contributed by atoms with Crippen LogP contribution in [0.25, 0.3) is 6.08 Å². The third-order valence-electron chi connectivity index (χ3n) is 3.98. The Morgan fingerprint density at radius 2 is 1.59 bits per heavy atom. The van der Waals surface area contributed by atoms with Gasteiger partial charge >= 0.3 is 0 Å². The zero-order valence-electron chi connectivity index (χ0n) is 15.1. The number of hydrogen-bond donors (Lipinski definition) is 1. The van der Waals surface area contributed by atoms with Crippen molar-refractivity contribution in [3.63, 3.8) is 0 Å². The summed E-state index contributed by atoms with van der Waals surface area (Å²) in [5.74, 6) is 1.54. The molecule has 2 aromatic carbocycles. The second-order valence-corrected chi connectivity index (χ2v) is 7.69. The number of rotatable bonds is 8. The van der Waals surface area contributed by atoms with Gasteiger partial charge in [0.1, 0.15) is 15.8 Å². The SMILES string of the molecule is CCc1ccc(OCCCOc2ccc(/C=C3\SC(=S)NC3=O)cc2)cc1. The molecule has 1 aliphatic rings. The first-order chi connectivity index (χ1) is 13.1. The van der Waals surface area contributed by atoms with E-state index in [-0.39, 0.29) is 5.91 Å². The number of amides is 1. The molecule has 1 heterocycles. The molecule has 4 nitrogen and oxygen atoms in total. The molecule has 140 valence electrons. The summed E-state index contributed by atoms with van der Waals surface area (Å²) >= 11 is 6.26. The zero-order valence-corrected chi connectivity index (χ0v) is 16.7. The Balaban J connectivity index is 1.40. The molecule has 0 bridgehead atoms. The van der Waals surface area contributed by atoms with Crippen molar-refractivity contribution in [2.24, 2.45) is 0 Å². The minimum Gasteiger partial charge on any atom is -0.493 e. The van der Waals surface area contributed by atoms with Crippen LogP contribution in [0.4, 0.5) is 0 Å². The average Bonchev–Trinajstić information content (AvgIpc) is 3.00. The molecule has 0 unspecified atom stereocenters. The van der Waals surface area contributed by atoms with Gasteiger partial charge < -0.3 is 14.8 Å². The molecule has 1 aliphatic heterocycles. The normalized spacial score (nSPS) is 15.1. The van der Waals surface area contributed by atoms with E-state index in [2.05, 4.69) is 24.4 Å². The number of carbonyl (C=O) groups excluding carboxylic acids is 1. The largest absolute Gasteiger partial charge is 0.493 e. The van der Waals surface area contributed by atoms with E-state index in [9.17, 15) is 4.79 Å². The Kier molecular flexibility index (Phi) is 6.90. The molecule has 1 fully saturated rings. The van der Waals surface area contributed by atoms with Crippen molar-refractivity contribution in [2.45, 2.75) is 19.8 Å². The number of thiocarbonyl (C=S) groups is 1. The molecule has 1 saturated heterocycles. The summed E-state index contributed by atoms with van der Waals surface area (Å²) in [4.78, 5) is 12.3. The lowest BCUT2D eigenvalue weighted by molar-refractivity contribution is -0.115. The summed E-state index contributed by atoms with van der Waals surface area (Å²) in [6.45, 7) is 3.33. The molecule has 0 saturated carbocycles. The van der Waals surface area contributed by atoms with Gasteiger partial charge in [0.2, 0.25) is 0 Å². The Bertz CT molecular complexity index is 830. The van der Waals surface area contributed by atoms with E-state index >= 15 is 0 Å². The third-order valence-corrected chi connectivity index (χ3v) is 5.14. The molecule has 1 N–H and O–H groups in total. The van der Waals surface area contributed by atoms with Crippen molar-refractivity contribution >= 4 is 40.3 Å². The molecule has 2 aromatic rings. The van der Waals surface area contributed by atoms with Crippen molar-refractivity contribution in [1.82, 2.24) is 5.32 Å². The molecule has 0 aromatic heterocycles. The minimum atomic E-state index is -0.144. The Morgan fingerprint density at radius 3 is 2.11 bits per heavy atom. The standard InChI is InChI=1S/C21H21NO3S2/c1-2-15-4-8-17(9-5-15)24-12-3-13-25-18-10-6-16(7-11-18)14-19-20(23)22-21(26)27-19/h4-11,14H,2-3,12-13H2,1H3,(H,22,23,26)/b19-14-. The van der Waals surface area contributed by atoms with Gasteiger partial charge in [-0.3, -0.25) is 4.79 Å². The van der Waals surface area contributed by atoms with Gasteiger partial charge in [-0.15, -0.1) is 0 Å². The predicted molar refractivity (Wildman–Crippen MR) is 114 cm³/mol. The lowest BCUT2D eigenvalue weighted by Crippen LogP contribution is -2.17. The van der Waals surface area contributed by atoms with Crippen molar-refractivity contribution in [3.05, 3.63) is 64.6 Å². The van der Waals surface area contributed by atoms with Gasteiger partial charge in [-0.25, -0.2) is 0 Å². The fourth-order valence-electron chi connectivity index (χ4n) is 2.49. The van der Waals surface area contributed by atoms with Crippen molar-refractivity contribution in [3.8, 4) is 11.5 Å². The van der Waals surface area contributed by atoms with E-state index in [1.165, 1.54) is 17.3 Å². The molecule has 0 spiro atoms. The van der Waals surface area contributed by atoms with Crippen LogP contribution >= 0.6 is 24.0 Å². The van der Waals surface area contributed by atoms with Gasteiger partial charge in [-0.2, -0.15) is 0 Å². The molecular formula is C21H21NO3S2. The lowest BCUT2D eigenvalue weighted by atomic mass is 10.2. The first-order valence-electron chi connectivity index (χ1n) is 8.83. The first kappa shape index (κ1) is 19.5. The highest BCUT2D eigenvalue weighted by Gasteiger charge is 2.21. The highest BCUT2D eigenvalue weighted by atomic mass is 32.2. The Labute approximate surface area is 168 Å². The van der Waals surface area contributed by atoms with Crippen LogP contribution in [0.2, 0.25) is 0 Å². The number of hydrogen-bond acceptors (Lipinski definition) is 5. The maximum Gasteiger partial charge on any atom is 0.263 e. The fourth-order valence-corrected chi connectivity index (χ4v) is 3.54. The van der Waals surface area contributed by atoms with Crippen molar-refractivity contribution in [2.75, 3.05) is 13.2 Å². The fraction of sp³-hybridized carbons (Fsp3) is 0.238. The minimum absolute atomic E-state index is 0.144. The highest BCUT2D eigenvalue weighted by molar-refractivity contribution is 8.26. The van der Waals surface area contributed by atoms with E-state index in [0.29, 0.717) is 22.4 Å². The van der Waals surface area contributed by atoms with Crippen LogP contribution in [0.3, 0.4) is 0 Å². The summed E-state index contributed by atoms with van der Waals surface area (Å²) in [5.41, 5.74) is 2.24. The number of benzene rings is 2. The summed E-state index contributed by atoms with van der Waals surface area (Å²) in [6, 6.07) is 15.8. The van der Waals surface area contributed by atoms with Crippen LogP contribution in [0.5, 0.6) is 11.5 Å². The lowest BCUT2D eigenvalue weighted by Gasteiger charge is -2.09. The van der Waals surface area contributed by atoms with Crippen LogP contribution in [-0.2, 0) is 11.2 Å². The molecule has 6 heteroatoms. The van der Waals surface area contributed by atoms with E-state index < -0.39 is 0 Å². The van der Waals surface area contributed by atoms with Crippen LogP contribution in [-0.4, -0.2) is 23.4 Å². The van der Waals surface area contributed by atoms with E-state index in [1.807, 2.05) is 42.5 Å². The summed E-state index contributed by atoms with van der Waals surface area (Å²) < 4.78 is 11.9. The maximum atomic E-state index is 11.7. The second-order valence-electron chi connectivity index (χ2n) is 5.97. The van der Waals surface area contributed by atoms with Gasteiger partial charge in [-0.05, 0) is 47.9 Å². The number of aryl methyl sites for hydroxylation is 1. The molecule has 0 aliphatic carbocycles. The summed E-state index contributed by atoms with van der Waals surface area (Å²) in [6.07, 6.45) is 3.65. The maximum absolute atomic E-state index is 11.7. The smallest absolute Gasteiger partial charge is 0.263 e. The Morgan fingerprint density at radius 1 is 1.00 bits per heavy atom. The molecular weight excluding hydrogens is 378 g/mol. The first-order valence-corrected chi connectivity index (χ1v) is 10.1. The topological polar surface area (TPSA) is 47.6 Å². The van der Waals surface area contributed by atoms with E-state index in [1.54, 1.807) is 0 Å². The van der Waals surface area contributed by atoms with Crippen molar-refractivity contribution < 1.29 is 14.3 Å². The predicted octanol–water partition coefficient (Wildman–Crippen LogP) is 4.59. The van der Waals surface area contributed by atoms with Crippen LogP contribution in [0.15, 0.2) is 53.4 Å². The van der Waals surface area contributed by atoms with Gasteiger partial charge in [0.25, 0.3) is 5.91 Å². The number of thioether (sulfide) groups is 1. The van der Waals surface area contributed by atoms with Gasteiger partial charge in [-0.1, -0.05) is 55.2 Å². The second kappa shape index (κ2) is 9.58. The third kappa shape index (κ3) is 5.84. The molecule has 27 heavy (non-hydrogen) atoms. The molecule has 0 radical (unpaired) electrons.